The Labute approximate surface area is 106 Å². The molecule has 1 aliphatic rings. The van der Waals surface area contributed by atoms with Crippen molar-refractivity contribution >= 4 is 5.91 Å². The summed E-state index contributed by atoms with van der Waals surface area (Å²) in [6.45, 7) is 12.1. The van der Waals surface area contributed by atoms with Crippen molar-refractivity contribution in [2.45, 2.75) is 65.5 Å². The van der Waals surface area contributed by atoms with E-state index < -0.39 is 0 Å². The summed E-state index contributed by atoms with van der Waals surface area (Å²) in [4.78, 5) is 14.2. The van der Waals surface area contributed by atoms with Gasteiger partial charge in [0.1, 0.15) is 0 Å². The molecule has 0 heterocycles. The summed E-state index contributed by atoms with van der Waals surface area (Å²) in [5, 5.41) is 3.28. The third-order valence-corrected chi connectivity index (χ3v) is 3.03. The zero-order valence-corrected chi connectivity index (χ0v) is 12.0. The lowest BCUT2D eigenvalue weighted by Crippen LogP contribution is -2.46. The SMILES string of the molecule is CC(C)CCN(C(=O)CNC(C)(C)C)C1CC1. The molecule has 0 radical (unpaired) electrons. The summed E-state index contributed by atoms with van der Waals surface area (Å²) in [6, 6.07) is 0.531. The third-order valence-electron chi connectivity index (χ3n) is 3.03. The number of hydrogen-bond acceptors (Lipinski definition) is 2. The van der Waals surface area contributed by atoms with Crippen LogP contribution < -0.4 is 5.32 Å². The summed E-state index contributed by atoms with van der Waals surface area (Å²) >= 11 is 0. The van der Waals surface area contributed by atoms with Crippen LogP contribution in [0.2, 0.25) is 0 Å². The molecule has 0 unspecified atom stereocenters. The Morgan fingerprint density at radius 2 is 1.94 bits per heavy atom. The molecule has 1 amide bonds. The molecule has 17 heavy (non-hydrogen) atoms. The molecule has 1 saturated carbocycles. The largest absolute Gasteiger partial charge is 0.339 e. The molecule has 1 fully saturated rings. The van der Waals surface area contributed by atoms with Crippen LogP contribution in [-0.4, -0.2) is 35.5 Å². The molecule has 0 saturated heterocycles. The van der Waals surface area contributed by atoms with E-state index in [-0.39, 0.29) is 11.4 Å². The predicted molar refractivity (Wildman–Crippen MR) is 71.9 cm³/mol. The topological polar surface area (TPSA) is 32.3 Å². The number of carbonyl (C=O) groups is 1. The van der Waals surface area contributed by atoms with Gasteiger partial charge in [0.15, 0.2) is 0 Å². The number of rotatable bonds is 6. The lowest BCUT2D eigenvalue weighted by Gasteiger charge is -2.26. The van der Waals surface area contributed by atoms with Gasteiger partial charge in [-0.05, 0) is 46.0 Å². The highest BCUT2D eigenvalue weighted by atomic mass is 16.2. The fourth-order valence-electron chi connectivity index (χ4n) is 1.74. The van der Waals surface area contributed by atoms with Gasteiger partial charge in [0.05, 0.1) is 6.54 Å². The number of carbonyl (C=O) groups excluding carboxylic acids is 1. The van der Waals surface area contributed by atoms with Gasteiger partial charge in [-0.15, -0.1) is 0 Å². The van der Waals surface area contributed by atoms with E-state index in [0.29, 0.717) is 18.5 Å². The maximum absolute atomic E-state index is 12.1. The summed E-state index contributed by atoms with van der Waals surface area (Å²) < 4.78 is 0. The second-order valence-corrected chi connectivity index (χ2v) is 6.60. The van der Waals surface area contributed by atoms with Crippen LogP contribution in [0.1, 0.15) is 53.9 Å². The molecular weight excluding hydrogens is 212 g/mol. The maximum Gasteiger partial charge on any atom is 0.236 e. The molecule has 0 spiro atoms. The first-order chi connectivity index (χ1) is 7.79. The van der Waals surface area contributed by atoms with E-state index >= 15 is 0 Å². The standard InChI is InChI=1S/C14H28N2O/c1-11(2)8-9-16(12-6-7-12)13(17)10-15-14(3,4)5/h11-12,15H,6-10H2,1-5H3. The van der Waals surface area contributed by atoms with Crippen LogP contribution in [0.5, 0.6) is 0 Å². The van der Waals surface area contributed by atoms with Gasteiger partial charge in [0, 0.05) is 18.1 Å². The van der Waals surface area contributed by atoms with Crippen molar-refractivity contribution in [3.8, 4) is 0 Å². The zero-order chi connectivity index (χ0) is 13.1. The fraction of sp³-hybridized carbons (Fsp3) is 0.929. The van der Waals surface area contributed by atoms with Gasteiger partial charge in [-0.25, -0.2) is 0 Å². The molecule has 0 atom stereocenters. The lowest BCUT2D eigenvalue weighted by atomic mass is 10.1. The molecule has 1 rings (SSSR count). The average molecular weight is 240 g/mol. The minimum Gasteiger partial charge on any atom is -0.339 e. The zero-order valence-electron chi connectivity index (χ0n) is 12.0. The molecule has 1 N–H and O–H groups in total. The molecule has 0 aromatic carbocycles. The van der Waals surface area contributed by atoms with Crippen LogP contribution in [0, 0.1) is 5.92 Å². The molecule has 0 aliphatic heterocycles. The number of hydrogen-bond donors (Lipinski definition) is 1. The van der Waals surface area contributed by atoms with Gasteiger partial charge < -0.3 is 10.2 Å². The number of amides is 1. The quantitative estimate of drug-likeness (QED) is 0.773. The molecule has 3 heteroatoms. The van der Waals surface area contributed by atoms with Gasteiger partial charge in [0.25, 0.3) is 0 Å². The first kappa shape index (κ1) is 14.5. The molecule has 100 valence electrons. The van der Waals surface area contributed by atoms with Crippen molar-refractivity contribution in [3.63, 3.8) is 0 Å². The monoisotopic (exact) mass is 240 g/mol. The number of nitrogens with zero attached hydrogens (tertiary/aromatic N) is 1. The van der Waals surface area contributed by atoms with Gasteiger partial charge in [-0.3, -0.25) is 4.79 Å². The van der Waals surface area contributed by atoms with E-state index in [2.05, 4.69) is 44.8 Å². The Morgan fingerprint density at radius 3 is 2.35 bits per heavy atom. The van der Waals surface area contributed by atoms with E-state index in [4.69, 9.17) is 0 Å². The summed E-state index contributed by atoms with van der Waals surface area (Å²) in [7, 11) is 0. The second kappa shape index (κ2) is 5.85. The Morgan fingerprint density at radius 1 is 1.35 bits per heavy atom. The van der Waals surface area contributed by atoms with Crippen LogP contribution >= 0.6 is 0 Å². The predicted octanol–water partition coefficient (Wildman–Crippen LogP) is 2.41. The Balaban J connectivity index is 2.38. The normalized spacial score (nSPS) is 16.4. The molecule has 1 aliphatic carbocycles. The lowest BCUT2D eigenvalue weighted by molar-refractivity contribution is -0.131. The first-order valence-electron chi connectivity index (χ1n) is 6.84. The Hall–Kier alpha value is -0.570. The van der Waals surface area contributed by atoms with Crippen LogP contribution in [0.4, 0.5) is 0 Å². The Kier molecular flexibility index (Phi) is 4.99. The molecule has 0 bridgehead atoms. The summed E-state index contributed by atoms with van der Waals surface area (Å²) in [5.74, 6) is 0.933. The summed E-state index contributed by atoms with van der Waals surface area (Å²) in [6.07, 6.45) is 3.50. The van der Waals surface area contributed by atoms with Crippen molar-refractivity contribution in [3.05, 3.63) is 0 Å². The first-order valence-corrected chi connectivity index (χ1v) is 6.84. The van der Waals surface area contributed by atoms with E-state index in [1.807, 2.05) is 0 Å². The number of nitrogens with one attached hydrogen (secondary N) is 1. The van der Waals surface area contributed by atoms with Crippen LogP contribution in [0.15, 0.2) is 0 Å². The highest BCUT2D eigenvalue weighted by Crippen LogP contribution is 2.27. The highest BCUT2D eigenvalue weighted by Gasteiger charge is 2.32. The Bertz CT molecular complexity index is 251. The van der Waals surface area contributed by atoms with E-state index in [1.165, 1.54) is 12.8 Å². The van der Waals surface area contributed by atoms with E-state index in [0.717, 1.165) is 13.0 Å². The van der Waals surface area contributed by atoms with Crippen molar-refractivity contribution in [2.24, 2.45) is 5.92 Å². The van der Waals surface area contributed by atoms with Gasteiger partial charge in [-0.1, -0.05) is 13.8 Å². The minimum absolute atomic E-state index is 0.0168. The van der Waals surface area contributed by atoms with Crippen molar-refractivity contribution in [1.82, 2.24) is 10.2 Å². The molecule has 0 aromatic heterocycles. The molecular formula is C14H28N2O. The average Bonchev–Trinajstić information content (AvgIpc) is 2.97. The van der Waals surface area contributed by atoms with Gasteiger partial charge >= 0.3 is 0 Å². The van der Waals surface area contributed by atoms with Crippen molar-refractivity contribution in [2.75, 3.05) is 13.1 Å². The second-order valence-electron chi connectivity index (χ2n) is 6.60. The van der Waals surface area contributed by atoms with Gasteiger partial charge in [0.2, 0.25) is 5.91 Å². The third kappa shape index (κ3) is 6.06. The van der Waals surface area contributed by atoms with Crippen LogP contribution in [-0.2, 0) is 4.79 Å². The summed E-state index contributed by atoms with van der Waals surface area (Å²) in [5.41, 5.74) is 0.0168. The van der Waals surface area contributed by atoms with Crippen molar-refractivity contribution < 1.29 is 4.79 Å². The highest BCUT2D eigenvalue weighted by molar-refractivity contribution is 5.79. The smallest absolute Gasteiger partial charge is 0.236 e. The van der Waals surface area contributed by atoms with Crippen molar-refractivity contribution in [1.29, 1.82) is 0 Å². The van der Waals surface area contributed by atoms with Crippen LogP contribution in [0.3, 0.4) is 0 Å². The van der Waals surface area contributed by atoms with Gasteiger partial charge in [-0.2, -0.15) is 0 Å². The maximum atomic E-state index is 12.1. The van der Waals surface area contributed by atoms with E-state index in [9.17, 15) is 4.79 Å². The molecule has 3 nitrogen and oxygen atoms in total. The van der Waals surface area contributed by atoms with Crippen LogP contribution in [0.25, 0.3) is 0 Å². The fourth-order valence-corrected chi connectivity index (χ4v) is 1.74. The minimum atomic E-state index is 0.0168. The molecule has 0 aromatic rings. The van der Waals surface area contributed by atoms with E-state index in [1.54, 1.807) is 0 Å².